The molecule has 0 atom stereocenters. The van der Waals surface area contributed by atoms with Crippen LogP contribution in [0.4, 0.5) is 5.69 Å². The van der Waals surface area contributed by atoms with Crippen LogP contribution in [0.2, 0.25) is 0 Å². The van der Waals surface area contributed by atoms with Crippen molar-refractivity contribution in [3.05, 3.63) is 57.7 Å². The van der Waals surface area contributed by atoms with Crippen LogP contribution in [0.3, 0.4) is 0 Å². The van der Waals surface area contributed by atoms with E-state index in [9.17, 15) is 8.42 Å². The third-order valence-corrected chi connectivity index (χ3v) is 4.89. The Hall–Kier alpha value is -1.08. The average Bonchev–Trinajstić information content (AvgIpc) is 2.32. The number of benzene rings is 2. The monoisotopic (exact) mass is 373 g/mol. The second-order valence-electron chi connectivity index (χ2n) is 3.96. The molecule has 2 aromatic carbocycles. The maximum Gasteiger partial charge on any atom is 0.182 e. The number of sulfone groups is 1. The molecule has 0 amide bonds. The largest absolute Gasteiger partial charge is 0.399 e. The molecular formula is C13H12INO2S. The highest BCUT2D eigenvalue weighted by molar-refractivity contribution is 14.1. The van der Waals surface area contributed by atoms with E-state index >= 15 is 0 Å². The van der Waals surface area contributed by atoms with Crippen LogP contribution < -0.4 is 5.73 Å². The van der Waals surface area contributed by atoms with Crippen LogP contribution in [-0.4, -0.2) is 8.42 Å². The quantitative estimate of drug-likeness (QED) is 0.665. The SMILES string of the molecule is Nc1cccc(S(=O)(=O)Cc2ccc(I)cc2)c1. The molecule has 0 unspecified atom stereocenters. The molecule has 0 aliphatic rings. The minimum atomic E-state index is -3.33. The minimum absolute atomic E-state index is 0.00657. The van der Waals surface area contributed by atoms with Crippen LogP contribution in [0.5, 0.6) is 0 Å². The van der Waals surface area contributed by atoms with Crippen LogP contribution in [0.25, 0.3) is 0 Å². The van der Waals surface area contributed by atoms with E-state index in [1.165, 1.54) is 6.07 Å². The first-order valence-electron chi connectivity index (χ1n) is 5.30. The lowest BCUT2D eigenvalue weighted by Crippen LogP contribution is -2.05. The van der Waals surface area contributed by atoms with Crippen molar-refractivity contribution >= 4 is 38.1 Å². The van der Waals surface area contributed by atoms with Gasteiger partial charge in [-0.15, -0.1) is 0 Å². The van der Waals surface area contributed by atoms with Gasteiger partial charge < -0.3 is 5.73 Å². The molecule has 0 aliphatic carbocycles. The normalized spacial score (nSPS) is 11.4. The Labute approximate surface area is 120 Å². The summed E-state index contributed by atoms with van der Waals surface area (Å²) in [6.45, 7) is 0. The molecule has 0 saturated heterocycles. The molecule has 0 fully saturated rings. The Kier molecular flexibility index (Phi) is 3.91. The van der Waals surface area contributed by atoms with Gasteiger partial charge in [-0.25, -0.2) is 8.42 Å². The fourth-order valence-electron chi connectivity index (χ4n) is 1.59. The number of hydrogen-bond donors (Lipinski definition) is 1. The van der Waals surface area contributed by atoms with E-state index < -0.39 is 9.84 Å². The van der Waals surface area contributed by atoms with Gasteiger partial charge in [-0.05, 0) is 58.5 Å². The summed E-state index contributed by atoms with van der Waals surface area (Å²) in [6.07, 6.45) is 0. The second-order valence-corrected chi connectivity index (χ2v) is 7.19. The van der Waals surface area contributed by atoms with E-state index in [0.29, 0.717) is 5.69 Å². The van der Waals surface area contributed by atoms with Gasteiger partial charge >= 0.3 is 0 Å². The van der Waals surface area contributed by atoms with E-state index in [2.05, 4.69) is 22.6 Å². The lowest BCUT2D eigenvalue weighted by atomic mass is 10.2. The molecule has 2 aromatic rings. The van der Waals surface area contributed by atoms with E-state index in [0.717, 1.165) is 9.13 Å². The van der Waals surface area contributed by atoms with Crippen molar-refractivity contribution in [2.24, 2.45) is 0 Å². The molecule has 2 N–H and O–H groups in total. The molecule has 0 aliphatic heterocycles. The van der Waals surface area contributed by atoms with Gasteiger partial charge in [0.2, 0.25) is 0 Å². The van der Waals surface area contributed by atoms with Gasteiger partial charge in [0.1, 0.15) is 0 Å². The molecule has 0 radical (unpaired) electrons. The highest BCUT2D eigenvalue weighted by atomic mass is 127. The van der Waals surface area contributed by atoms with Gasteiger partial charge in [0, 0.05) is 9.26 Å². The van der Waals surface area contributed by atoms with E-state index in [4.69, 9.17) is 5.73 Å². The predicted molar refractivity (Wildman–Crippen MR) is 80.9 cm³/mol. The van der Waals surface area contributed by atoms with E-state index in [-0.39, 0.29) is 10.6 Å². The predicted octanol–water partition coefficient (Wildman–Crippen LogP) is 2.85. The molecule has 94 valence electrons. The molecule has 0 aromatic heterocycles. The van der Waals surface area contributed by atoms with Crippen molar-refractivity contribution in [1.82, 2.24) is 0 Å². The van der Waals surface area contributed by atoms with Gasteiger partial charge in [-0.2, -0.15) is 0 Å². The summed E-state index contributed by atoms with van der Waals surface area (Å²) in [6, 6.07) is 13.8. The topological polar surface area (TPSA) is 60.2 Å². The highest BCUT2D eigenvalue weighted by Crippen LogP contribution is 2.19. The maximum atomic E-state index is 12.2. The zero-order chi connectivity index (χ0) is 13.2. The number of rotatable bonds is 3. The van der Waals surface area contributed by atoms with E-state index in [1.807, 2.05) is 24.3 Å². The van der Waals surface area contributed by atoms with Crippen molar-refractivity contribution in [2.75, 3.05) is 5.73 Å². The summed E-state index contributed by atoms with van der Waals surface area (Å²) in [7, 11) is -3.33. The first kappa shape index (κ1) is 13.4. The van der Waals surface area contributed by atoms with Crippen molar-refractivity contribution in [3.8, 4) is 0 Å². The fourth-order valence-corrected chi connectivity index (χ4v) is 3.35. The summed E-state index contributed by atoms with van der Waals surface area (Å²) in [4.78, 5) is 0.265. The first-order chi connectivity index (χ1) is 8.47. The van der Waals surface area contributed by atoms with Crippen LogP contribution in [0, 0.1) is 3.57 Å². The van der Waals surface area contributed by atoms with Gasteiger partial charge in [-0.1, -0.05) is 18.2 Å². The zero-order valence-electron chi connectivity index (χ0n) is 9.51. The van der Waals surface area contributed by atoms with Crippen molar-refractivity contribution in [1.29, 1.82) is 0 Å². The number of halogens is 1. The Morgan fingerprint density at radius 1 is 1.06 bits per heavy atom. The van der Waals surface area contributed by atoms with Crippen molar-refractivity contribution in [3.63, 3.8) is 0 Å². The standard InChI is InChI=1S/C13H12INO2S/c14-11-6-4-10(5-7-11)9-18(16,17)13-3-1-2-12(15)8-13/h1-8H,9,15H2. The third-order valence-electron chi connectivity index (χ3n) is 2.49. The second kappa shape index (κ2) is 5.27. The van der Waals surface area contributed by atoms with Gasteiger partial charge in [0.25, 0.3) is 0 Å². The van der Waals surface area contributed by atoms with Crippen molar-refractivity contribution < 1.29 is 8.42 Å². The van der Waals surface area contributed by atoms with Gasteiger partial charge in [-0.3, -0.25) is 0 Å². The Morgan fingerprint density at radius 3 is 2.33 bits per heavy atom. The smallest absolute Gasteiger partial charge is 0.182 e. The molecule has 3 nitrogen and oxygen atoms in total. The molecule has 0 bridgehead atoms. The number of anilines is 1. The zero-order valence-corrected chi connectivity index (χ0v) is 12.5. The molecule has 0 spiro atoms. The first-order valence-corrected chi connectivity index (χ1v) is 8.03. The van der Waals surface area contributed by atoms with E-state index in [1.54, 1.807) is 18.2 Å². The summed E-state index contributed by atoms with van der Waals surface area (Å²) >= 11 is 2.18. The number of nitrogen functional groups attached to an aromatic ring is 1. The summed E-state index contributed by atoms with van der Waals surface area (Å²) in [5, 5.41) is 0. The molecule has 0 heterocycles. The van der Waals surface area contributed by atoms with Crippen LogP contribution in [0.1, 0.15) is 5.56 Å². The molecular weight excluding hydrogens is 361 g/mol. The lowest BCUT2D eigenvalue weighted by Gasteiger charge is -2.05. The number of nitrogens with two attached hydrogens (primary N) is 1. The van der Waals surface area contributed by atoms with Gasteiger partial charge in [0.15, 0.2) is 9.84 Å². The van der Waals surface area contributed by atoms with Crippen LogP contribution in [-0.2, 0) is 15.6 Å². The number of hydrogen-bond acceptors (Lipinski definition) is 3. The summed E-state index contributed by atoms with van der Waals surface area (Å²) < 4.78 is 25.4. The fraction of sp³-hybridized carbons (Fsp3) is 0.0769. The summed E-state index contributed by atoms with van der Waals surface area (Å²) in [5.74, 6) is -0.00657. The molecule has 18 heavy (non-hydrogen) atoms. The molecule has 5 heteroatoms. The molecule has 2 rings (SSSR count). The molecule has 0 saturated carbocycles. The maximum absolute atomic E-state index is 12.2. The average molecular weight is 373 g/mol. The van der Waals surface area contributed by atoms with Crippen LogP contribution in [0.15, 0.2) is 53.4 Å². The van der Waals surface area contributed by atoms with Gasteiger partial charge in [0.05, 0.1) is 10.6 Å². The third kappa shape index (κ3) is 3.23. The minimum Gasteiger partial charge on any atom is -0.399 e. The Morgan fingerprint density at radius 2 is 1.72 bits per heavy atom. The highest BCUT2D eigenvalue weighted by Gasteiger charge is 2.15. The van der Waals surface area contributed by atoms with Crippen LogP contribution >= 0.6 is 22.6 Å². The lowest BCUT2D eigenvalue weighted by molar-refractivity contribution is 0.595. The Balaban J connectivity index is 2.30. The Bertz CT molecular complexity index is 651. The van der Waals surface area contributed by atoms with Crippen molar-refractivity contribution in [2.45, 2.75) is 10.6 Å². The summed E-state index contributed by atoms with van der Waals surface area (Å²) in [5.41, 5.74) is 6.84.